The highest BCUT2D eigenvalue weighted by Crippen LogP contribution is 2.35. The summed E-state index contributed by atoms with van der Waals surface area (Å²) >= 11 is 5.98. The molecule has 1 heterocycles. The summed E-state index contributed by atoms with van der Waals surface area (Å²) in [6.45, 7) is 0.290. The Morgan fingerprint density at radius 1 is 1.04 bits per heavy atom. The van der Waals surface area contributed by atoms with Crippen LogP contribution in [-0.4, -0.2) is 5.78 Å². The number of allylic oxidation sites excluding steroid dienone is 1. The maximum absolute atomic E-state index is 12.9. The number of carbonyl (C=O) groups is 1. The van der Waals surface area contributed by atoms with Crippen molar-refractivity contribution in [1.82, 2.24) is 0 Å². The summed E-state index contributed by atoms with van der Waals surface area (Å²) < 4.78 is 24.4. The molecule has 3 nitrogen and oxygen atoms in total. The second-order valence-corrected chi connectivity index (χ2v) is 6.50. The van der Waals surface area contributed by atoms with Crippen LogP contribution in [0.4, 0.5) is 4.39 Å². The number of carbonyl (C=O) groups excluding carboxylic acids is 1. The van der Waals surface area contributed by atoms with Gasteiger partial charge >= 0.3 is 0 Å². The molecule has 0 amide bonds. The van der Waals surface area contributed by atoms with Crippen LogP contribution in [0.15, 0.2) is 72.5 Å². The third kappa shape index (κ3) is 3.86. The van der Waals surface area contributed by atoms with E-state index in [0.717, 1.165) is 11.1 Å². The van der Waals surface area contributed by atoms with Crippen molar-refractivity contribution in [2.75, 3.05) is 0 Å². The molecule has 4 rings (SSSR count). The van der Waals surface area contributed by atoms with E-state index in [0.29, 0.717) is 22.1 Å². The van der Waals surface area contributed by atoms with Gasteiger partial charge in [0.2, 0.25) is 5.78 Å². The highest BCUT2D eigenvalue weighted by atomic mass is 35.5. The van der Waals surface area contributed by atoms with Gasteiger partial charge in [0.15, 0.2) is 5.76 Å². The van der Waals surface area contributed by atoms with Crippen molar-refractivity contribution in [2.24, 2.45) is 0 Å². The lowest BCUT2D eigenvalue weighted by molar-refractivity contribution is 0.101. The molecule has 0 N–H and O–H groups in total. The zero-order chi connectivity index (χ0) is 18.8. The molecule has 1 aliphatic rings. The first-order chi connectivity index (χ1) is 13.1. The maximum atomic E-state index is 12.9. The molecule has 3 aromatic carbocycles. The maximum Gasteiger partial charge on any atom is 0.231 e. The van der Waals surface area contributed by atoms with Crippen molar-refractivity contribution in [3.8, 4) is 11.5 Å². The lowest BCUT2D eigenvalue weighted by Gasteiger charge is -2.07. The SMILES string of the molecule is O=C1/C(=C\c2cccc(Cl)c2)Oc2cc(OCc3ccc(F)cc3)ccc21. The minimum absolute atomic E-state index is 0.185. The number of Topliss-reactive ketones (excluding diaryl/α,β-unsaturated/α-hetero) is 1. The average Bonchev–Trinajstić information content (AvgIpc) is 2.96. The van der Waals surface area contributed by atoms with Crippen molar-refractivity contribution < 1.29 is 18.7 Å². The largest absolute Gasteiger partial charge is 0.489 e. The van der Waals surface area contributed by atoms with Gasteiger partial charge in [-0.25, -0.2) is 4.39 Å². The van der Waals surface area contributed by atoms with Crippen LogP contribution in [0.3, 0.4) is 0 Å². The Morgan fingerprint density at radius 2 is 1.85 bits per heavy atom. The van der Waals surface area contributed by atoms with Gasteiger partial charge in [0.05, 0.1) is 5.56 Å². The van der Waals surface area contributed by atoms with Gasteiger partial charge in [0.1, 0.15) is 23.9 Å². The number of ether oxygens (including phenoxy) is 2. The monoisotopic (exact) mass is 380 g/mol. The summed E-state index contributed by atoms with van der Waals surface area (Å²) in [5, 5.41) is 0.587. The third-order valence-electron chi connectivity index (χ3n) is 4.11. The van der Waals surface area contributed by atoms with E-state index < -0.39 is 0 Å². The van der Waals surface area contributed by atoms with Crippen LogP contribution in [0.5, 0.6) is 11.5 Å². The fourth-order valence-corrected chi connectivity index (χ4v) is 2.95. The molecule has 0 fully saturated rings. The van der Waals surface area contributed by atoms with E-state index in [1.807, 2.05) is 12.1 Å². The molecule has 5 heteroatoms. The average molecular weight is 381 g/mol. The molecular weight excluding hydrogens is 367 g/mol. The van der Waals surface area contributed by atoms with Gasteiger partial charge < -0.3 is 9.47 Å². The molecule has 0 saturated carbocycles. The van der Waals surface area contributed by atoms with Crippen molar-refractivity contribution in [3.63, 3.8) is 0 Å². The van der Waals surface area contributed by atoms with Crippen molar-refractivity contribution in [1.29, 1.82) is 0 Å². The summed E-state index contributed by atoms with van der Waals surface area (Å²) in [6.07, 6.45) is 1.66. The first kappa shape index (κ1) is 17.3. The predicted molar refractivity (Wildman–Crippen MR) is 102 cm³/mol. The van der Waals surface area contributed by atoms with Gasteiger partial charge in [-0.05, 0) is 53.6 Å². The second-order valence-electron chi connectivity index (χ2n) is 6.07. The summed E-state index contributed by atoms with van der Waals surface area (Å²) in [6, 6.07) is 18.3. The molecule has 134 valence electrons. The zero-order valence-corrected chi connectivity index (χ0v) is 14.9. The molecule has 0 spiro atoms. The van der Waals surface area contributed by atoms with Gasteiger partial charge in [-0.2, -0.15) is 0 Å². The minimum atomic E-state index is -0.290. The van der Waals surface area contributed by atoms with Gasteiger partial charge in [0.25, 0.3) is 0 Å². The molecular formula is C22H14ClFO3. The van der Waals surface area contributed by atoms with Gasteiger partial charge in [-0.15, -0.1) is 0 Å². The van der Waals surface area contributed by atoms with Crippen LogP contribution in [0.2, 0.25) is 5.02 Å². The Bertz CT molecular complexity index is 1040. The van der Waals surface area contributed by atoms with E-state index in [2.05, 4.69) is 0 Å². The molecule has 27 heavy (non-hydrogen) atoms. The van der Waals surface area contributed by atoms with E-state index in [9.17, 15) is 9.18 Å². The number of hydrogen-bond donors (Lipinski definition) is 0. The summed E-state index contributed by atoms with van der Waals surface area (Å²) in [5.74, 6) is 0.778. The third-order valence-corrected chi connectivity index (χ3v) is 4.34. The Balaban J connectivity index is 1.51. The Labute approximate surface area is 160 Å². The van der Waals surface area contributed by atoms with Crippen molar-refractivity contribution in [2.45, 2.75) is 6.61 Å². The Morgan fingerprint density at radius 3 is 2.63 bits per heavy atom. The first-order valence-corrected chi connectivity index (χ1v) is 8.67. The lowest BCUT2D eigenvalue weighted by atomic mass is 10.1. The van der Waals surface area contributed by atoms with E-state index >= 15 is 0 Å². The zero-order valence-electron chi connectivity index (χ0n) is 14.1. The second kappa shape index (κ2) is 7.25. The number of fused-ring (bicyclic) bond motifs is 1. The molecule has 1 aliphatic heterocycles. The molecule has 3 aromatic rings. The van der Waals surface area contributed by atoms with Crippen LogP contribution in [0, 0.1) is 5.82 Å². The molecule has 0 radical (unpaired) electrons. The summed E-state index contributed by atoms with van der Waals surface area (Å²) in [5.41, 5.74) is 2.11. The number of ketones is 1. The van der Waals surface area contributed by atoms with Crippen LogP contribution in [-0.2, 0) is 6.61 Å². The minimum Gasteiger partial charge on any atom is -0.489 e. The molecule has 0 bridgehead atoms. The summed E-state index contributed by atoms with van der Waals surface area (Å²) in [7, 11) is 0. The van der Waals surface area contributed by atoms with Crippen LogP contribution in [0.1, 0.15) is 21.5 Å². The molecule has 0 saturated heterocycles. The smallest absolute Gasteiger partial charge is 0.231 e. The van der Waals surface area contributed by atoms with Gasteiger partial charge in [0, 0.05) is 11.1 Å². The number of benzene rings is 3. The van der Waals surface area contributed by atoms with Crippen LogP contribution in [0.25, 0.3) is 6.08 Å². The van der Waals surface area contributed by atoms with Crippen molar-refractivity contribution >= 4 is 23.5 Å². The van der Waals surface area contributed by atoms with E-state index in [1.165, 1.54) is 12.1 Å². The van der Waals surface area contributed by atoms with E-state index in [1.54, 1.807) is 48.5 Å². The summed E-state index contributed by atoms with van der Waals surface area (Å²) in [4.78, 5) is 12.5. The van der Waals surface area contributed by atoms with Crippen LogP contribution >= 0.6 is 11.6 Å². The molecule has 0 unspecified atom stereocenters. The molecule has 0 aromatic heterocycles. The lowest BCUT2D eigenvalue weighted by Crippen LogP contribution is -1.98. The van der Waals surface area contributed by atoms with E-state index in [4.69, 9.17) is 21.1 Å². The number of halogens is 2. The highest BCUT2D eigenvalue weighted by molar-refractivity contribution is 6.30. The van der Waals surface area contributed by atoms with Gasteiger partial charge in [-0.1, -0.05) is 35.9 Å². The topological polar surface area (TPSA) is 35.5 Å². The normalized spacial score (nSPS) is 14.1. The number of rotatable bonds is 4. The highest BCUT2D eigenvalue weighted by Gasteiger charge is 2.27. The fourth-order valence-electron chi connectivity index (χ4n) is 2.75. The Hall–Kier alpha value is -3.11. The quantitative estimate of drug-likeness (QED) is 0.547. The molecule has 0 atom stereocenters. The fraction of sp³-hybridized carbons (Fsp3) is 0.0455. The van der Waals surface area contributed by atoms with Crippen LogP contribution < -0.4 is 9.47 Å². The standard InChI is InChI=1S/C22H14ClFO3/c23-16-3-1-2-15(10-16)11-21-22(25)19-9-8-18(12-20(19)27-21)26-13-14-4-6-17(24)7-5-14/h1-12H,13H2/b21-11+. The van der Waals surface area contributed by atoms with Gasteiger partial charge in [-0.3, -0.25) is 4.79 Å². The van der Waals surface area contributed by atoms with Crippen molar-refractivity contribution in [3.05, 3.63) is 100 Å². The Kier molecular flexibility index (Phi) is 4.65. The molecule has 0 aliphatic carbocycles. The first-order valence-electron chi connectivity index (χ1n) is 8.29. The van der Waals surface area contributed by atoms with E-state index in [-0.39, 0.29) is 24.0 Å². The predicted octanol–water partition coefficient (Wildman–Crippen LogP) is 5.67. The number of hydrogen-bond acceptors (Lipinski definition) is 3.